The number of halogens is 5. The van der Waals surface area contributed by atoms with E-state index in [4.69, 9.17) is 0 Å². The molecule has 0 aromatic carbocycles. The molecule has 13 heavy (non-hydrogen) atoms. The predicted octanol–water partition coefficient (Wildman–Crippen LogP) is 4.44. The molecule has 6 heteroatoms. The summed E-state index contributed by atoms with van der Waals surface area (Å²) in [5.74, 6) is 0. The normalized spacial score (nSPS) is 10.9. The van der Waals surface area contributed by atoms with Crippen molar-refractivity contribution < 1.29 is 8.78 Å². The molecule has 0 N–H and O–H groups in total. The molecule has 0 amide bonds. The van der Waals surface area contributed by atoms with E-state index in [1.165, 1.54) is 6.07 Å². The highest BCUT2D eigenvalue weighted by Gasteiger charge is 2.14. The van der Waals surface area contributed by atoms with Gasteiger partial charge in [-0.1, -0.05) is 15.9 Å². The van der Waals surface area contributed by atoms with E-state index in [1.807, 2.05) is 0 Å². The number of pyridine rings is 1. The SMILES string of the molecule is FC(F)c1cc(CBr)c(Br)c(Br)n1. The molecule has 0 saturated heterocycles. The van der Waals surface area contributed by atoms with Gasteiger partial charge in [-0.25, -0.2) is 13.8 Å². The summed E-state index contributed by atoms with van der Waals surface area (Å²) in [7, 11) is 0. The molecule has 1 aromatic rings. The van der Waals surface area contributed by atoms with Crippen LogP contribution in [0.1, 0.15) is 17.7 Å². The summed E-state index contributed by atoms with van der Waals surface area (Å²) in [4.78, 5) is 3.68. The molecule has 1 heterocycles. The minimum atomic E-state index is -2.54. The molecule has 0 aliphatic carbocycles. The maximum Gasteiger partial charge on any atom is 0.280 e. The molecular weight excluding hydrogens is 376 g/mol. The van der Waals surface area contributed by atoms with Crippen LogP contribution in [0.3, 0.4) is 0 Å². The predicted molar refractivity (Wildman–Crippen MR) is 57.2 cm³/mol. The van der Waals surface area contributed by atoms with E-state index in [2.05, 4.69) is 52.8 Å². The number of aromatic nitrogens is 1. The summed E-state index contributed by atoms with van der Waals surface area (Å²) < 4.78 is 25.7. The van der Waals surface area contributed by atoms with Gasteiger partial charge in [0.25, 0.3) is 6.43 Å². The van der Waals surface area contributed by atoms with Gasteiger partial charge in [-0.2, -0.15) is 0 Å². The summed E-state index contributed by atoms with van der Waals surface area (Å²) in [6.07, 6.45) is -2.54. The Bertz CT molecular complexity index is 317. The number of nitrogens with zero attached hydrogens (tertiary/aromatic N) is 1. The third kappa shape index (κ3) is 2.70. The smallest absolute Gasteiger partial charge is 0.239 e. The second-order valence-corrected chi connectivity index (χ2v) is 4.35. The van der Waals surface area contributed by atoms with Crippen LogP contribution < -0.4 is 0 Å². The van der Waals surface area contributed by atoms with Crippen LogP contribution in [-0.2, 0) is 5.33 Å². The molecule has 1 aromatic heterocycles. The van der Waals surface area contributed by atoms with Crippen LogP contribution in [-0.4, -0.2) is 4.98 Å². The lowest BCUT2D eigenvalue weighted by Crippen LogP contribution is -1.94. The number of rotatable bonds is 2. The van der Waals surface area contributed by atoms with Gasteiger partial charge >= 0.3 is 0 Å². The molecular formula is C7H4Br3F2N. The van der Waals surface area contributed by atoms with Crippen LogP contribution in [0.2, 0.25) is 0 Å². The molecule has 0 aliphatic heterocycles. The Balaban J connectivity index is 3.22. The first kappa shape index (κ1) is 11.5. The number of hydrogen-bond donors (Lipinski definition) is 0. The number of alkyl halides is 3. The Morgan fingerprint density at radius 1 is 1.38 bits per heavy atom. The van der Waals surface area contributed by atoms with Crippen LogP contribution in [0, 0.1) is 0 Å². The highest BCUT2D eigenvalue weighted by molar-refractivity contribution is 9.13. The van der Waals surface area contributed by atoms with Crippen molar-refractivity contribution >= 4 is 47.8 Å². The fourth-order valence-electron chi connectivity index (χ4n) is 0.778. The minimum absolute atomic E-state index is 0.218. The molecule has 0 fully saturated rings. The van der Waals surface area contributed by atoms with E-state index in [0.717, 1.165) is 5.56 Å². The Kier molecular flexibility index (Phi) is 4.25. The molecule has 0 saturated carbocycles. The van der Waals surface area contributed by atoms with E-state index in [9.17, 15) is 8.78 Å². The van der Waals surface area contributed by atoms with E-state index >= 15 is 0 Å². The lowest BCUT2D eigenvalue weighted by Gasteiger charge is -2.05. The van der Waals surface area contributed by atoms with Crippen molar-refractivity contribution in [1.82, 2.24) is 4.98 Å². The fraction of sp³-hybridized carbons (Fsp3) is 0.286. The maximum absolute atomic E-state index is 12.3. The zero-order valence-corrected chi connectivity index (χ0v) is 11.0. The first-order valence-electron chi connectivity index (χ1n) is 3.25. The molecule has 0 spiro atoms. The van der Waals surface area contributed by atoms with Gasteiger partial charge in [0.2, 0.25) is 0 Å². The topological polar surface area (TPSA) is 12.9 Å². The average molecular weight is 380 g/mol. The third-order valence-corrected chi connectivity index (χ3v) is 3.97. The lowest BCUT2D eigenvalue weighted by molar-refractivity contribution is 0.145. The van der Waals surface area contributed by atoms with Gasteiger partial charge in [-0.15, -0.1) is 0 Å². The Labute approximate surface area is 99.3 Å². The van der Waals surface area contributed by atoms with Gasteiger partial charge in [0.1, 0.15) is 10.3 Å². The second kappa shape index (κ2) is 4.79. The molecule has 72 valence electrons. The quantitative estimate of drug-likeness (QED) is 0.547. The van der Waals surface area contributed by atoms with Crippen molar-refractivity contribution in [2.45, 2.75) is 11.8 Å². The molecule has 0 atom stereocenters. The third-order valence-electron chi connectivity index (χ3n) is 1.38. The van der Waals surface area contributed by atoms with Crippen LogP contribution in [0.5, 0.6) is 0 Å². The van der Waals surface area contributed by atoms with Gasteiger partial charge in [-0.3, -0.25) is 0 Å². The van der Waals surface area contributed by atoms with Crippen molar-refractivity contribution in [2.75, 3.05) is 0 Å². The van der Waals surface area contributed by atoms with Gasteiger partial charge in [-0.05, 0) is 43.5 Å². The zero-order valence-electron chi connectivity index (χ0n) is 6.20. The molecule has 0 aliphatic rings. The zero-order chi connectivity index (χ0) is 10.0. The molecule has 0 unspecified atom stereocenters. The van der Waals surface area contributed by atoms with Crippen molar-refractivity contribution in [3.05, 3.63) is 26.4 Å². The van der Waals surface area contributed by atoms with E-state index in [-0.39, 0.29) is 5.69 Å². The minimum Gasteiger partial charge on any atom is -0.239 e. The summed E-state index contributed by atoms with van der Waals surface area (Å²) in [6.45, 7) is 0. The second-order valence-electron chi connectivity index (χ2n) is 2.25. The molecule has 1 nitrogen and oxygen atoms in total. The van der Waals surface area contributed by atoms with Crippen molar-refractivity contribution in [1.29, 1.82) is 0 Å². The summed E-state index contributed by atoms with van der Waals surface area (Å²) in [6, 6.07) is 1.37. The van der Waals surface area contributed by atoms with Gasteiger partial charge in [0.05, 0.1) is 4.47 Å². The Hall–Kier alpha value is 0.450. The van der Waals surface area contributed by atoms with Crippen molar-refractivity contribution in [3.63, 3.8) is 0 Å². The Morgan fingerprint density at radius 2 is 2.00 bits per heavy atom. The first-order valence-corrected chi connectivity index (χ1v) is 5.96. The molecule has 1 rings (SSSR count). The standard InChI is InChI=1S/C7H4Br3F2N/c8-2-3-1-4(7(11)12)13-6(10)5(3)9/h1,7H,2H2. The van der Waals surface area contributed by atoms with Gasteiger partial charge < -0.3 is 0 Å². The molecule has 0 radical (unpaired) electrons. The average Bonchev–Trinajstić information content (AvgIpc) is 2.09. The van der Waals surface area contributed by atoms with Gasteiger partial charge in [0.15, 0.2) is 0 Å². The summed E-state index contributed by atoms with van der Waals surface area (Å²) in [5.41, 5.74) is 0.529. The van der Waals surface area contributed by atoms with Crippen molar-refractivity contribution in [3.8, 4) is 0 Å². The van der Waals surface area contributed by atoms with Crippen LogP contribution in [0.15, 0.2) is 15.1 Å². The lowest BCUT2D eigenvalue weighted by atomic mass is 10.2. The fourth-order valence-corrected chi connectivity index (χ4v) is 2.40. The van der Waals surface area contributed by atoms with Crippen LogP contribution >= 0.6 is 47.8 Å². The summed E-state index contributed by atoms with van der Waals surface area (Å²) in [5, 5.41) is 0.508. The number of hydrogen-bond acceptors (Lipinski definition) is 1. The van der Waals surface area contributed by atoms with Gasteiger partial charge in [0, 0.05) is 5.33 Å². The van der Waals surface area contributed by atoms with Crippen molar-refractivity contribution in [2.24, 2.45) is 0 Å². The van der Waals surface area contributed by atoms with E-state index in [1.54, 1.807) is 0 Å². The van der Waals surface area contributed by atoms with Crippen LogP contribution in [0.4, 0.5) is 8.78 Å². The highest BCUT2D eigenvalue weighted by atomic mass is 79.9. The van der Waals surface area contributed by atoms with E-state index < -0.39 is 6.43 Å². The van der Waals surface area contributed by atoms with E-state index in [0.29, 0.717) is 14.4 Å². The molecule has 0 bridgehead atoms. The summed E-state index contributed by atoms with van der Waals surface area (Å²) >= 11 is 9.54. The first-order chi connectivity index (χ1) is 6.06. The largest absolute Gasteiger partial charge is 0.280 e. The van der Waals surface area contributed by atoms with Crippen LogP contribution in [0.25, 0.3) is 0 Å². The highest BCUT2D eigenvalue weighted by Crippen LogP contribution is 2.30. The Morgan fingerprint density at radius 3 is 2.46 bits per heavy atom. The monoisotopic (exact) mass is 377 g/mol. The maximum atomic E-state index is 12.3.